The van der Waals surface area contributed by atoms with Gasteiger partial charge in [0.05, 0.1) is 10.5 Å². The molecule has 1 amide bonds. The predicted octanol–water partition coefficient (Wildman–Crippen LogP) is 2.75. The van der Waals surface area contributed by atoms with Crippen LogP contribution in [0.4, 0.5) is 0 Å². The van der Waals surface area contributed by atoms with Crippen molar-refractivity contribution in [2.24, 2.45) is 0 Å². The molecule has 1 aliphatic carbocycles. The number of carbonyl (C=O) groups excluding carboxylic acids is 1. The summed E-state index contributed by atoms with van der Waals surface area (Å²) in [6.45, 7) is 0. The van der Waals surface area contributed by atoms with Crippen LogP contribution < -0.4 is 11.1 Å². The van der Waals surface area contributed by atoms with Crippen molar-refractivity contribution in [1.82, 2.24) is 19.8 Å². The molecule has 3 aliphatic rings. The minimum atomic E-state index is -3.93. The maximum atomic E-state index is 13.5. The van der Waals surface area contributed by atoms with Crippen molar-refractivity contribution < 1.29 is 22.2 Å². The zero-order valence-corrected chi connectivity index (χ0v) is 19.0. The number of benzene rings is 1. The molecule has 2 aromatic heterocycles. The molecule has 2 aliphatic heterocycles. The summed E-state index contributed by atoms with van der Waals surface area (Å²) in [6.07, 6.45) is 4.50. The Balaban J connectivity index is 1.21. The van der Waals surface area contributed by atoms with Crippen molar-refractivity contribution in [2.75, 3.05) is 0 Å². The van der Waals surface area contributed by atoms with E-state index in [1.165, 1.54) is 16.4 Å². The monoisotopic (exact) mass is 492 g/mol. The van der Waals surface area contributed by atoms with Gasteiger partial charge in [0.25, 0.3) is 5.91 Å². The summed E-state index contributed by atoms with van der Waals surface area (Å²) in [4.78, 5) is 26.5. The lowest BCUT2D eigenvalue weighted by atomic mass is 9.99. The minimum absolute atomic E-state index is 0.0203. The van der Waals surface area contributed by atoms with Gasteiger partial charge in [0.2, 0.25) is 10.0 Å². The largest absolute Gasteiger partial charge is 0.417 e. The van der Waals surface area contributed by atoms with E-state index in [1.54, 1.807) is 6.07 Å². The number of piperidine rings is 1. The maximum Gasteiger partial charge on any atom is 0.417 e. The van der Waals surface area contributed by atoms with Crippen LogP contribution in [0.5, 0.6) is 0 Å². The van der Waals surface area contributed by atoms with Gasteiger partial charge in [-0.15, -0.1) is 0 Å². The summed E-state index contributed by atoms with van der Waals surface area (Å²) < 4.78 is 38.9. The van der Waals surface area contributed by atoms with Gasteiger partial charge in [-0.1, -0.05) is 16.8 Å². The Kier molecular flexibility index (Phi) is 4.72. The van der Waals surface area contributed by atoms with Gasteiger partial charge in [0.15, 0.2) is 11.3 Å². The molecule has 12 heteroatoms. The first kappa shape index (κ1) is 20.9. The van der Waals surface area contributed by atoms with Crippen LogP contribution in [0.3, 0.4) is 0 Å². The minimum Gasteiger partial charge on any atom is -0.408 e. The Morgan fingerprint density at radius 2 is 1.88 bits per heavy atom. The summed E-state index contributed by atoms with van der Waals surface area (Å²) in [5, 5.41) is 6.90. The second kappa shape index (κ2) is 7.44. The molecular weight excluding hydrogens is 472 g/mol. The topological polar surface area (TPSA) is 139 Å². The molecule has 0 unspecified atom stereocenters. The van der Waals surface area contributed by atoms with Gasteiger partial charge in [-0.3, -0.25) is 9.78 Å². The van der Waals surface area contributed by atoms with Crippen LogP contribution in [0.2, 0.25) is 5.02 Å². The molecule has 33 heavy (non-hydrogen) atoms. The molecule has 3 aromatic rings. The first-order chi connectivity index (χ1) is 15.8. The number of rotatable bonds is 5. The highest BCUT2D eigenvalue weighted by Gasteiger charge is 2.48. The molecule has 10 nitrogen and oxygen atoms in total. The lowest BCUT2D eigenvalue weighted by Gasteiger charge is -2.38. The lowest BCUT2D eigenvalue weighted by molar-refractivity contribution is 0.0900. The van der Waals surface area contributed by atoms with Crippen LogP contribution in [-0.2, 0) is 10.0 Å². The second-order valence-corrected chi connectivity index (χ2v) is 11.3. The lowest BCUT2D eigenvalue weighted by Crippen LogP contribution is -2.52. The highest BCUT2D eigenvalue weighted by molar-refractivity contribution is 7.89. The Labute approximate surface area is 193 Å². The molecule has 1 aromatic carbocycles. The van der Waals surface area contributed by atoms with E-state index in [1.807, 2.05) is 0 Å². The molecule has 2 bridgehead atoms. The number of H-pyrrole nitrogens is 1. The standard InChI is InChI=1S/C21H21ClN4O6S/c22-14-7-15-18(31-21(28)24-15)9-19(14)33(29,30)26-12-3-4-13(26)6-11(5-12)23-20(27)16-8-17(32-25-16)10-1-2-10/h7-13H,1-6H2,(H,23,27)(H,24,28)/t11-,12+,13-. The van der Waals surface area contributed by atoms with E-state index >= 15 is 0 Å². The average Bonchev–Trinajstić information content (AvgIpc) is 3.25. The van der Waals surface area contributed by atoms with Gasteiger partial charge in [-0.2, -0.15) is 4.31 Å². The van der Waals surface area contributed by atoms with Crippen molar-refractivity contribution in [3.63, 3.8) is 0 Å². The van der Waals surface area contributed by atoms with E-state index in [0.717, 1.165) is 18.6 Å². The van der Waals surface area contributed by atoms with E-state index in [2.05, 4.69) is 15.5 Å². The number of nitrogens with one attached hydrogen (secondary N) is 2. The summed E-state index contributed by atoms with van der Waals surface area (Å²) >= 11 is 6.28. The van der Waals surface area contributed by atoms with Crippen LogP contribution in [0.25, 0.3) is 11.1 Å². The molecule has 4 heterocycles. The third-order valence-corrected chi connectivity index (χ3v) is 9.24. The first-order valence-electron chi connectivity index (χ1n) is 10.9. The van der Waals surface area contributed by atoms with E-state index in [-0.39, 0.29) is 45.2 Å². The van der Waals surface area contributed by atoms with Gasteiger partial charge in [-0.05, 0) is 44.6 Å². The third kappa shape index (κ3) is 3.58. The Morgan fingerprint density at radius 3 is 2.58 bits per heavy atom. The Hall–Kier alpha value is -2.63. The number of aromatic nitrogens is 2. The van der Waals surface area contributed by atoms with Crippen LogP contribution >= 0.6 is 11.6 Å². The fraction of sp³-hybridized carbons (Fsp3) is 0.476. The first-order valence-corrected chi connectivity index (χ1v) is 12.7. The number of oxazole rings is 1. The highest BCUT2D eigenvalue weighted by Crippen LogP contribution is 2.42. The fourth-order valence-electron chi connectivity index (χ4n) is 5.12. The number of carbonyl (C=O) groups is 1. The summed E-state index contributed by atoms with van der Waals surface area (Å²) in [5.41, 5.74) is 0.731. The summed E-state index contributed by atoms with van der Waals surface area (Å²) in [7, 11) is -3.93. The molecule has 2 saturated heterocycles. The van der Waals surface area contributed by atoms with Gasteiger partial charge >= 0.3 is 5.76 Å². The van der Waals surface area contributed by atoms with Crippen molar-refractivity contribution in [3.8, 4) is 0 Å². The molecule has 6 rings (SSSR count). The van der Waals surface area contributed by atoms with Crippen LogP contribution in [0.1, 0.15) is 60.7 Å². The molecule has 3 atom stereocenters. The van der Waals surface area contributed by atoms with E-state index < -0.39 is 15.8 Å². The summed E-state index contributed by atoms with van der Waals surface area (Å²) in [6, 6.07) is 3.69. The van der Waals surface area contributed by atoms with Crippen LogP contribution in [0.15, 0.2) is 36.8 Å². The summed E-state index contributed by atoms with van der Waals surface area (Å²) in [5.74, 6) is 0.132. The van der Waals surface area contributed by atoms with E-state index in [4.69, 9.17) is 20.5 Å². The number of nitrogens with zero attached hydrogens (tertiary/aromatic N) is 2. The third-order valence-electron chi connectivity index (χ3n) is 6.77. The van der Waals surface area contributed by atoms with Gasteiger partial charge in [0, 0.05) is 36.2 Å². The van der Waals surface area contributed by atoms with Crippen LogP contribution in [0, 0.1) is 0 Å². The van der Waals surface area contributed by atoms with Crippen molar-refractivity contribution in [3.05, 3.63) is 45.2 Å². The zero-order chi connectivity index (χ0) is 22.9. The highest BCUT2D eigenvalue weighted by atomic mass is 35.5. The predicted molar refractivity (Wildman–Crippen MR) is 117 cm³/mol. The molecule has 1 saturated carbocycles. The number of hydrogen-bond donors (Lipinski definition) is 2. The smallest absolute Gasteiger partial charge is 0.408 e. The number of hydrogen-bond acceptors (Lipinski definition) is 7. The number of aromatic amines is 1. The molecular formula is C21H21ClN4O6S. The van der Waals surface area contributed by atoms with Crippen molar-refractivity contribution in [2.45, 2.75) is 67.5 Å². The van der Waals surface area contributed by atoms with Crippen LogP contribution in [-0.4, -0.2) is 46.9 Å². The molecule has 174 valence electrons. The fourth-order valence-corrected chi connectivity index (χ4v) is 7.54. The molecule has 3 fully saturated rings. The zero-order valence-electron chi connectivity index (χ0n) is 17.4. The van der Waals surface area contributed by atoms with Gasteiger partial charge < -0.3 is 14.3 Å². The second-order valence-electron chi connectivity index (χ2n) is 9.04. The number of sulfonamides is 1. The van der Waals surface area contributed by atoms with Gasteiger partial charge in [-0.25, -0.2) is 13.2 Å². The maximum absolute atomic E-state index is 13.5. The van der Waals surface area contributed by atoms with Gasteiger partial charge in [0.1, 0.15) is 10.7 Å². The average molecular weight is 493 g/mol. The quantitative estimate of drug-likeness (QED) is 0.558. The number of fused-ring (bicyclic) bond motifs is 3. The molecule has 2 N–H and O–H groups in total. The number of amides is 1. The Bertz CT molecular complexity index is 1410. The molecule has 0 radical (unpaired) electrons. The van der Waals surface area contributed by atoms with E-state index in [9.17, 15) is 18.0 Å². The van der Waals surface area contributed by atoms with Crippen molar-refractivity contribution in [1.29, 1.82) is 0 Å². The number of halogens is 1. The Morgan fingerprint density at radius 1 is 1.15 bits per heavy atom. The van der Waals surface area contributed by atoms with Crippen molar-refractivity contribution >= 4 is 38.6 Å². The SMILES string of the molecule is O=C(N[C@H]1C[C@H]2CC[C@@H](C1)N2S(=O)(=O)c1cc2oc(=O)[nH]c2cc1Cl)c1cc(C2CC2)on1. The van der Waals surface area contributed by atoms with E-state index in [0.29, 0.717) is 37.1 Å². The normalized spacial score (nSPS) is 25.5. The molecule has 0 spiro atoms.